The molecule has 1 aliphatic heterocycles. The average Bonchev–Trinajstić information content (AvgIpc) is 2.26. The molecule has 1 N–H and O–H groups in total. The predicted octanol–water partition coefficient (Wildman–Crippen LogP) is 2.91. The van der Waals surface area contributed by atoms with E-state index in [4.69, 9.17) is 0 Å². The van der Waals surface area contributed by atoms with E-state index in [1.165, 1.54) is 29.7 Å². The minimum Gasteiger partial charge on any atom is -0.393 e. The summed E-state index contributed by atoms with van der Waals surface area (Å²) < 4.78 is 0. The second-order valence-electron chi connectivity index (χ2n) is 5.36. The molecule has 1 heterocycles. The Kier molecular flexibility index (Phi) is 3.72. The Morgan fingerprint density at radius 3 is 2.82 bits per heavy atom. The minimum absolute atomic E-state index is 0.221. The quantitative estimate of drug-likeness (QED) is 0.867. The van der Waals surface area contributed by atoms with Crippen molar-refractivity contribution in [2.45, 2.75) is 52.2 Å². The van der Waals surface area contributed by atoms with E-state index in [0.29, 0.717) is 6.04 Å². The Labute approximate surface area is 104 Å². The van der Waals surface area contributed by atoms with Gasteiger partial charge in [-0.3, -0.25) is 0 Å². The van der Waals surface area contributed by atoms with Crippen LogP contribution in [0.5, 0.6) is 0 Å². The monoisotopic (exact) mass is 233 g/mol. The first-order chi connectivity index (χ1) is 8.08. The van der Waals surface area contributed by atoms with Crippen LogP contribution < -0.4 is 4.90 Å². The zero-order valence-corrected chi connectivity index (χ0v) is 11.1. The zero-order valence-electron chi connectivity index (χ0n) is 11.1. The number of hydrogen-bond donors (Lipinski definition) is 1. The lowest BCUT2D eigenvalue weighted by atomic mass is 9.97. The van der Waals surface area contributed by atoms with E-state index in [1.807, 2.05) is 6.92 Å². The van der Waals surface area contributed by atoms with Crippen molar-refractivity contribution in [3.8, 4) is 0 Å². The topological polar surface area (TPSA) is 23.5 Å². The molecule has 2 unspecified atom stereocenters. The van der Waals surface area contributed by atoms with Gasteiger partial charge in [-0.2, -0.15) is 0 Å². The number of aryl methyl sites for hydroxylation is 2. The van der Waals surface area contributed by atoms with Crippen molar-refractivity contribution in [2.75, 3.05) is 11.4 Å². The van der Waals surface area contributed by atoms with Crippen LogP contribution in [0.15, 0.2) is 18.2 Å². The van der Waals surface area contributed by atoms with Gasteiger partial charge in [0, 0.05) is 18.3 Å². The second kappa shape index (κ2) is 5.09. The summed E-state index contributed by atoms with van der Waals surface area (Å²) in [6, 6.07) is 7.14. The van der Waals surface area contributed by atoms with Gasteiger partial charge < -0.3 is 10.0 Å². The fraction of sp³-hybridized carbons (Fsp3) is 0.600. The van der Waals surface area contributed by atoms with Gasteiger partial charge in [0.25, 0.3) is 0 Å². The first kappa shape index (κ1) is 12.4. The maximum absolute atomic E-state index is 9.52. The van der Waals surface area contributed by atoms with E-state index in [2.05, 4.69) is 36.9 Å². The zero-order chi connectivity index (χ0) is 12.4. The molecule has 0 spiro atoms. The Morgan fingerprint density at radius 2 is 2.12 bits per heavy atom. The molecule has 2 atom stereocenters. The van der Waals surface area contributed by atoms with E-state index >= 15 is 0 Å². The maximum Gasteiger partial charge on any atom is 0.0531 e. The third-order valence-electron chi connectivity index (χ3n) is 3.60. The number of aliphatic hydroxyl groups excluding tert-OH is 1. The third kappa shape index (κ3) is 2.81. The number of aliphatic hydroxyl groups is 1. The van der Waals surface area contributed by atoms with Crippen molar-refractivity contribution in [3.63, 3.8) is 0 Å². The van der Waals surface area contributed by atoms with Crippen LogP contribution in [0.25, 0.3) is 0 Å². The van der Waals surface area contributed by atoms with Crippen molar-refractivity contribution < 1.29 is 5.11 Å². The van der Waals surface area contributed by atoms with Gasteiger partial charge in [0.1, 0.15) is 0 Å². The molecule has 2 heteroatoms. The molecule has 0 fully saturated rings. The van der Waals surface area contributed by atoms with Crippen LogP contribution in [0.4, 0.5) is 5.69 Å². The van der Waals surface area contributed by atoms with Crippen LogP contribution in [0, 0.1) is 6.92 Å². The largest absolute Gasteiger partial charge is 0.393 e. The molecule has 94 valence electrons. The molecule has 0 radical (unpaired) electrons. The summed E-state index contributed by atoms with van der Waals surface area (Å²) in [4.78, 5) is 2.45. The van der Waals surface area contributed by atoms with E-state index in [1.54, 1.807) is 0 Å². The van der Waals surface area contributed by atoms with Gasteiger partial charge in [0.05, 0.1) is 6.10 Å². The summed E-state index contributed by atoms with van der Waals surface area (Å²) in [7, 11) is 0. The molecule has 2 nitrogen and oxygen atoms in total. The SMILES string of the molecule is Cc1ccc2c(c1)CCCN2C(C)CC(C)O. The Hall–Kier alpha value is -1.02. The Balaban J connectivity index is 2.22. The van der Waals surface area contributed by atoms with Gasteiger partial charge in [-0.1, -0.05) is 17.7 Å². The summed E-state index contributed by atoms with van der Waals surface area (Å²) in [5, 5.41) is 9.52. The van der Waals surface area contributed by atoms with Crippen LogP contribution in [0.1, 0.15) is 37.8 Å². The van der Waals surface area contributed by atoms with Crippen LogP contribution >= 0.6 is 0 Å². The first-order valence-electron chi connectivity index (χ1n) is 6.62. The molecular weight excluding hydrogens is 210 g/mol. The van der Waals surface area contributed by atoms with Gasteiger partial charge in [-0.05, 0) is 51.7 Å². The Bertz CT molecular complexity index is 387. The van der Waals surface area contributed by atoms with E-state index < -0.39 is 0 Å². The van der Waals surface area contributed by atoms with Crippen molar-refractivity contribution in [1.82, 2.24) is 0 Å². The molecule has 17 heavy (non-hydrogen) atoms. The van der Waals surface area contributed by atoms with Gasteiger partial charge >= 0.3 is 0 Å². The molecule has 1 aromatic carbocycles. The average molecular weight is 233 g/mol. The summed E-state index contributed by atoms with van der Waals surface area (Å²) in [5.41, 5.74) is 4.18. The van der Waals surface area contributed by atoms with Gasteiger partial charge in [-0.25, -0.2) is 0 Å². The molecular formula is C15H23NO. The minimum atomic E-state index is -0.221. The van der Waals surface area contributed by atoms with Crippen molar-refractivity contribution in [1.29, 1.82) is 0 Å². The summed E-state index contributed by atoms with van der Waals surface area (Å²) in [6.07, 6.45) is 3.03. The van der Waals surface area contributed by atoms with Crippen LogP contribution in [-0.2, 0) is 6.42 Å². The summed E-state index contributed by atoms with van der Waals surface area (Å²) in [5.74, 6) is 0. The van der Waals surface area contributed by atoms with E-state index in [-0.39, 0.29) is 6.10 Å². The molecule has 0 aromatic heterocycles. The van der Waals surface area contributed by atoms with E-state index in [9.17, 15) is 5.11 Å². The highest BCUT2D eigenvalue weighted by Crippen LogP contribution is 2.30. The van der Waals surface area contributed by atoms with Crippen molar-refractivity contribution in [2.24, 2.45) is 0 Å². The highest BCUT2D eigenvalue weighted by molar-refractivity contribution is 5.57. The van der Waals surface area contributed by atoms with Gasteiger partial charge in [0.2, 0.25) is 0 Å². The standard InChI is InChI=1S/C15H23NO/c1-11-6-7-15-14(9-11)5-4-8-16(15)12(2)10-13(3)17/h6-7,9,12-13,17H,4-5,8,10H2,1-3H3. The third-order valence-corrected chi connectivity index (χ3v) is 3.60. The second-order valence-corrected chi connectivity index (χ2v) is 5.36. The molecule has 0 bridgehead atoms. The number of rotatable bonds is 3. The summed E-state index contributed by atoms with van der Waals surface area (Å²) in [6.45, 7) is 7.35. The number of benzene rings is 1. The molecule has 1 aromatic rings. The highest BCUT2D eigenvalue weighted by Gasteiger charge is 2.22. The number of fused-ring (bicyclic) bond motifs is 1. The maximum atomic E-state index is 9.52. The lowest BCUT2D eigenvalue weighted by Gasteiger charge is -2.37. The van der Waals surface area contributed by atoms with Gasteiger partial charge in [-0.15, -0.1) is 0 Å². The molecule has 0 saturated heterocycles. The molecule has 0 amide bonds. The molecule has 2 rings (SSSR count). The number of nitrogens with zero attached hydrogens (tertiary/aromatic N) is 1. The normalized spacial score (nSPS) is 18.7. The van der Waals surface area contributed by atoms with Crippen LogP contribution in [0.3, 0.4) is 0 Å². The van der Waals surface area contributed by atoms with Crippen LogP contribution in [-0.4, -0.2) is 23.8 Å². The molecule has 0 saturated carbocycles. The fourth-order valence-electron chi connectivity index (χ4n) is 2.83. The predicted molar refractivity (Wildman–Crippen MR) is 72.6 cm³/mol. The summed E-state index contributed by atoms with van der Waals surface area (Å²) >= 11 is 0. The Morgan fingerprint density at radius 1 is 1.35 bits per heavy atom. The van der Waals surface area contributed by atoms with Crippen molar-refractivity contribution >= 4 is 5.69 Å². The lowest BCUT2D eigenvalue weighted by molar-refractivity contribution is 0.175. The van der Waals surface area contributed by atoms with Gasteiger partial charge in [0.15, 0.2) is 0 Å². The molecule has 1 aliphatic rings. The fourth-order valence-corrected chi connectivity index (χ4v) is 2.83. The number of anilines is 1. The smallest absolute Gasteiger partial charge is 0.0531 e. The van der Waals surface area contributed by atoms with E-state index in [0.717, 1.165) is 13.0 Å². The number of hydrogen-bond acceptors (Lipinski definition) is 2. The first-order valence-corrected chi connectivity index (χ1v) is 6.62. The van der Waals surface area contributed by atoms with Crippen LogP contribution in [0.2, 0.25) is 0 Å². The molecule has 0 aliphatic carbocycles. The van der Waals surface area contributed by atoms with Crippen molar-refractivity contribution in [3.05, 3.63) is 29.3 Å². The lowest BCUT2D eigenvalue weighted by Crippen LogP contribution is -2.38. The highest BCUT2D eigenvalue weighted by atomic mass is 16.3.